The third kappa shape index (κ3) is 4.88. The SMILES string of the molecule is CC1CC(=O)Oc2cc(NC(=O)OCc3ccc(OCc4cc5ccccc5o4)cc3)ccc21. The molecule has 0 radical (unpaired) electrons. The minimum absolute atomic E-state index is 0.0860. The van der Waals surface area contributed by atoms with Crippen molar-refractivity contribution in [2.45, 2.75) is 32.5 Å². The number of amides is 1. The Bertz CT molecular complexity index is 1310. The molecule has 5 rings (SSSR count). The normalized spacial score (nSPS) is 14.9. The summed E-state index contributed by atoms with van der Waals surface area (Å²) < 4.78 is 22.1. The summed E-state index contributed by atoms with van der Waals surface area (Å²) in [6, 6.07) is 22.3. The lowest BCUT2D eigenvalue weighted by molar-refractivity contribution is -0.135. The quantitative estimate of drug-likeness (QED) is 0.275. The number of hydrogen-bond donors (Lipinski definition) is 1. The van der Waals surface area contributed by atoms with Gasteiger partial charge < -0.3 is 18.6 Å². The molecule has 172 valence electrons. The van der Waals surface area contributed by atoms with Gasteiger partial charge in [-0.15, -0.1) is 0 Å². The third-order valence-corrected chi connectivity index (χ3v) is 5.64. The van der Waals surface area contributed by atoms with Crippen LogP contribution >= 0.6 is 0 Å². The fraction of sp³-hybridized carbons (Fsp3) is 0.185. The van der Waals surface area contributed by atoms with Crippen LogP contribution in [0.3, 0.4) is 0 Å². The first kappa shape index (κ1) is 21.6. The lowest BCUT2D eigenvalue weighted by atomic mass is 9.94. The molecule has 2 heterocycles. The van der Waals surface area contributed by atoms with Crippen LogP contribution in [-0.2, 0) is 22.7 Å². The molecule has 0 saturated carbocycles. The zero-order valence-electron chi connectivity index (χ0n) is 18.6. The first-order valence-corrected chi connectivity index (χ1v) is 11.0. The van der Waals surface area contributed by atoms with Crippen molar-refractivity contribution in [2.75, 3.05) is 5.32 Å². The standard InChI is InChI=1S/C27H23NO6/c1-17-12-26(29)34-25-14-20(8-11-23(17)25)28-27(30)32-15-18-6-9-21(10-7-18)31-16-22-13-19-4-2-3-5-24(19)33-22/h2-11,13-14,17H,12,15-16H2,1H3,(H,28,30). The molecule has 0 spiro atoms. The summed E-state index contributed by atoms with van der Waals surface area (Å²) in [7, 11) is 0. The van der Waals surface area contributed by atoms with Gasteiger partial charge in [-0.1, -0.05) is 43.3 Å². The summed E-state index contributed by atoms with van der Waals surface area (Å²) in [5.41, 5.74) is 3.10. The Kier molecular flexibility index (Phi) is 5.91. The minimum atomic E-state index is -0.597. The molecule has 1 amide bonds. The fourth-order valence-electron chi connectivity index (χ4n) is 3.88. The zero-order chi connectivity index (χ0) is 23.5. The van der Waals surface area contributed by atoms with Gasteiger partial charge in [0.25, 0.3) is 0 Å². The molecule has 0 aliphatic carbocycles. The molecule has 1 aromatic heterocycles. The van der Waals surface area contributed by atoms with Crippen LogP contribution in [0.25, 0.3) is 11.0 Å². The number of ether oxygens (including phenoxy) is 3. The lowest BCUT2D eigenvalue weighted by Crippen LogP contribution is -2.19. The Balaban J connectivity index is 1.12. The monoisotopic (exact) mass is 457 g/mol. The average Bonchev–Trinajstić information content (AvgIpc) is 3.25. The summed E-state index contributed by atoms with van der Waals surface area (Å²) in [5, 5.41) is 3.70. The fourth-order valence-corrected chi connectivity index (χ4v) is 3.88. The predicted molar refractivity (Wildman–Crippen MR) is 126 cm³/mol. The maximum atomic E-state index is 12.2. The van der Waals surface area contributed by atoms with Crippen molar-refractivity contribution in [1.29, 1.82) is 0 Å². The van der Waals surface area contributed by atoms with Gasteiger partial charge in [0.2, 0.25) is 0 Å². The number of furan rings is 1. The maximum Gasteiger partial charge on any atom is 0.411 e. The van der Waals surface area contributed by atoms with E-state index in [4.69, 9.17) is 18.6 Å². The highest BCUT2D eigenvalue weighted by Crippen LogP contribution is 2.35. The van der Waals surface area contributed by atoms with E-state index in [9.17, 15) is 9.59 Å². The summed E-state index contributed by atoms with van der Waals surface area (Å²) in [5.74, 6) is 1.72. The second-order valence-electron chi connectivity index (χ2n) is 8.22. The van der Waals surface area contributed by atoms with Crippen LogP contribution < -0.4 is 14.8 Å². The van der Waals surface area contributed by atoms with Crippen LogP contribution in [-0.4, -0.2) is 12.1 Å². The van der Waals surface area contributed by atoms with Crippen molar-refractivity contribution in [3.05, 3.63) is 89.7 Å². The van der Waals surface area contributed by atoms with Crippen molar-refractivity contribution in [3.63, 3.8) is 0 Å². The molecule has 7 nitrogen and oxygen atoms in total. The van der Waals surface area contributed by atoms with Crippen LogP contribution in [0, 0.1) is 0 Å². The van der Waals surface area contributed by atoms with Crippen molar-refractivity contribution in [1.82, 2.24) is 0 Å². The summed E-state index contributed by atoms with van der Waals surface area (Å²) >= 11 is 0. The first-order chi connectivity index (χ1) is 16.5. The van der Waals surface area contributed by atoms with Crippen molar-refractivity contribution in [2.24, 2.45) is 0 Å². The van der Waals surface area contributed by atoms with Crippen LogP contribution in [0.5, 0.6) is 11.5 Å². The number of hydrogen-bond acceptors (Lipinski definition) is 6. The number of carbonyl (C=O) groups is 2. The molecule has 1 unspecified atom stereocenters. The summed E-state index contributed by atoms with van der Waals surface area (Å²) in [6.07, 6.45) is -0.244. The Labute approximate surface area is 196 Å². The number of benzene rings is 3. The van der Waals surface area contributed by atoms with E-state index in [1.807, 2.05) is 67.6 Å². The highest BCUT2D eigenvalue weighted by atomic mass is 16.5. The van der Waals surface area contributed by atoms with Gasteiger partial charge in [-0.05, 0) is 47.4 Å². The van der Waals surface area contributed by atoms with Gasteiger partial charge in [-0.2, -0.15) is 0 Å². The van der Waals surface area contributed by atoms with Crippen LogP contribution in [0.1, 0.15) is 36.1 Å². The minimum Gasteiger partial charge on any atom is -0.486 e. The molecule has 1 aliphatic rings. The van der Waals surface area contributed by atoms with E-state index in [1.54, 1.807) is 12.1 Å². The van der Waals surface area contributed by atoms with Crippen LogP contribution in [0.2, 0.25) is 0 Å². The molecule has 0 saturated heterocycles. The van der Waals surface area contributed by atoms with Gasteiger partial charge in [-0.25, -0.2) is 4.79 Å². The van der Waals surface area contributed by atoms with Gasteiger partial charge in [-0.3, -0.25) is 10.1 Å². The number of para-hydroxylation sites is 1. The van der Waals surface area contributed by atoms with Gasteiger partial charge in [0.15, 0.2) is 0 Å². The van der Waals surface area contributed by atoms with E-state index in [2.05, 4.69) is 5.32 Å². The number of carbonyl (C=O) groups excluding carboxylic acids is 2. The Hall–Kier alpha value is -4.26. The van der Waals surface area contributed by atoms with Crippen molar-refractivity contribution < 1.29 is 28.2 Å². The number of rotatable bonds is 6. The molecule has 0 fully saturated rings. The highest BCUT2D eigenvalue weighted by molar-refractivity contribution is 5.86. The molecule has 7 heteroatoms. The van der Waals surface area contributed by atoms with Gasteiger partial charge in [0, 0.05) is 17.1 Å². The van der Waals surface area contributed by atoms with E-state index in [0.29, 0.717) is 30.2 Å². The molecule has 34 heavy (non-hydrogen) atoms. The summed E-state index contributed by atoms with van der Waals surface area (Å²) in [4.78, 5) is 23.9. The molecule has 3 aromatic carbocycles. The summed E-state index contributed by atoms with van der Waals surface area (Å²) in [6.45, 7) is 2.39. The smallest absolute Gasteiger partial charge is 0.411 e. The molecule has 1 aliphatic heterocycles. The number of anilines is 1. The average molecular weight is 457 g/mol. The molecule has 1 N–H and O–H groups in total. The van der Waals surface area contributed by atoms with E-state index >= 15 is 0 Å². The maximum absolute atomic E-state index is 12.2. The molecular weight excluding hydrogens is 434 g/mol. The first-order valence-electron chi connectivity index (χ1n) is 11.0. The Morgan fingerprint density at radius 3 is 2.68 bits per heavy atom. The topological polar surface area (TPSA) is 87.0 Å². The predicted octanol–water partition coefficient (Wildman–Crippen LogP) is 6.17. The van der Waals surface area contributed by atoms with Gasteiger partial charge >= 0.3 is 12.1 Å². The molecular formula is C27H23NO6. The van der Waals surface area contributed by atoms with Gasteiger partial charge in [0.05, 0.1) is 6.42 Å². The van der Waals surface area contributed by atoms with Crippen molar-refractivity contribution >= 4 is 28.7 Å². The molecule has 0 bridgehead atoms. The van der Waals surface area contributed by atoms with E-state index in [-0.39, 0.29) is 18.5 Å². The van der Waals surface area contributed by atoms with E-state index in [1.165, 1.54) is 0 Å². The Morgan fingerprint density at radius 1 is 1.03 bits per heavy atom. The number of esters is 1. The highest BCUT2D eigenvalue weighted by Gasteiger charge is 2.24. The third-order valence-electron chi connectivity index (χ3n) is 5.64. The second kappa shape index (κ2) is 9.31. The van der Waals surface area contributed by atoms with Crippen LogP contribution in [0.15, 0.2) is 77.2 Å². The Morgan fingerprint density at radius 2 is 1.85 bits per heavy atom. The van der Waals surface area contributed by atoms with Gasteiger partial charge in [0.1, 0.15) is 36.1 Å². The largest absolute Gasteiger partial charge is 0.486 e. The van der Waals surface area contributed by atoms with E-state index < -0.39 is 6.09 Å². The zero-order valence-corrected chi connectivity index (χ0v) is 18.6. The van der Waals surface area contributed by atoms with E-state index in [0.717, 1.165) is 27.9 Å². The van der Waals surface area contributed by atoms with Crippen LogP contribution in [0.4, 0.5) is 10.5 Å². The number of fused-ring (bicyclic) bond motifs is 2. The molecule has 4 aromatic rings. The van der Waals surface area contributed by atoms with Crippen molar-refractivity contribution in [3.8, 4) is 11.5 Å². The molecule has 1 atom stereocenters. The second-order valence-corrected chi connectivity index (χ2v) is 8.22. The lowest BCUT2D eigenvalue weighted by Gasteiger charge is -2.21. The number of nitrogens with one attached hydrogen (secondary N) is 1.